The van der Waals surface area contributed by atoms with Crippen LogP contribution in [0.4, 0.5) is 5.00 Å². The molecule has 0 aliphatic heterocycles. The van der Waals surface area contributed by atoms with Gasteiger partial charge in [-0.1, -0.05) is 17.8 Å². The molecule has 1 aromatic carbocycles. The van der Waals surface area contributed by atoms with Crippen molar-refractivity contribution in [2.45, 2.75) is 37.4 Å². The highest BCUT2D eigenvalue weighted by Crippen LogP contribution is 2.37. The molecule has 1 aliphatic carbocycles. The van der Waals surface area contributed by atoms with Gasteiger partial charge in [0, 0.05) is 18.0 Å². The van der Waals surface area contributed by atoms with E-state index in [9.17, 15) is 14.9 Å². The van der Waals surface area contributed by atoms with Gasteiger partial charge in [-0.05, 0) is 55.0 Å². The molecule has 0 fully saturated rings. The largest absolute Gasteiger partial charge is 0.493 e. The van der Waals surface area contributed by atoms with E-state index in [2.05, 4.69) is 26.9 Å². The van der Waals surface area contributed by atoms with Gasteiger partial charge >= 0.3 is 0 Å². The van der Waals surface area contributed by atoms with E-state index < -0.39 is 0 Å². The molecule has 38 heavy (non-hydrogen) atoms. The molecule has 2 amide bonds. The Morgan fingerprint density at radius 3 is 2.76 bits per heavy atom. The van der Waals surface area contributed by atoms with Crippen LogP contribution in [-0.4, -0.2) is 46.6 Å². The molecule has 12 heteroatoms. The van der Waals surface area contributed by atoms with Gasteiger partial charge in [0.15, 0.2) is 22.5 Å². The fourth-order valence-corrected chi connectivity index (χ4v) is 6.03. The number of thiophene rings is 1. The number of benzene rings is 1. The highest BCUT2D eigenvalue weighted by molar-refractivity contribution is 7.99. The van der Waals surface area contributed by atoms with Gasteiger partial charge in [-0.15, -0.1) is 21.5 Å². The number of nitrogens with zero attached hydrogens (tertiary/aromatic N) is 4. The molecule has 198 valence electrons. The van der Waals surface area contributed by atoms with Crippen molar-refractivity contribution in [2.24, 2.45) is 7.05 Å². The molecule has 0 saturated carbocycles. The van der Waals surface area contributed by atoms with Gasteiger partial charge in [-0.25, -0.2) is 0 Å². The van der Waals surface area contributed by atoms with Crippen LogP contribution in [0.2, 0.25) is 0 Å². The van der Waals surface area contributed by atoms with Gasteiger partial charge in [0.2, 0.25) is 11.8 Å². The van der Waals surface area contributed by atoms with Crippen molar-refractivity contribution in [2.75, 3.05) is 25.3 Å². The van der Waals surface area contributed by atoms with Crippen LogP contribution in [0.5, 0.6) is 11.5 Å². The second kappa shape index (κ2) is 12.6. The smallest absolute Gasteiger partial charge is 0.244 e. The minimum atomic E-state index is -0.289. The predicted molar refractivity (Wildman–Crippen MR) is 146 cm³/mol. The molecule has 10 nitrogen and oxygen atoms in total. The number of rotatable bonds is 10. The van der Waals surface area contributed by atoms with E-state index in [1.54, 1.807) is 44.0 Å². The first kappa shape index (κ1) is 27.2. The lowest BCUT2D eigenvalue weighted by Gasteiger charge is -2.09. The number of fused-ring (bicyclic) bond motifs is 1. The zero-order valence-electron chi connectivity index (χ0n) is 21.4. The third-order valence-electron chi connectivity index (χ3n) is 6.05. The summed E-state index contributed by atoms with van der Waals surface area (Å²) in [6.07, 6.45) is 7.15. The van der Waals surface area contributed by atoms with E-state index in [4.69, 9.17) is 9.47 Å². The molecule has 0 saturated heterocycles. The van der Waals surface area contributed by atoms with Crippen molar-refractivity contribution in [3.05, 3.63) is 51.7 Å². The summed E-state index contributed by atoms with van der Waals surface area (Å²) in [7, 11) is 4.90. The number of aryl methyl sites for hydroxylation is 1. The van der Waals surface area contributed by atoms with E-state index in [0.29, 0.717) is 33.0 Å². The molecule has 2 N–H and O–H groups in total. The molecule has 2 heterocycles. The molecule has 0 unspecified atom stereocenters. The third kappa shape index (κ3) is 6.35. The van der Waals surface area contributed by atoms with Crippen LogP contribution in [0.1, 0.15) is 40.2 Å². The van der Waals surface area contributed by atoms with Gasteiger partial charge in [0.05, 0.1) is 32.1 Å². The Morgan fingerprint density at radius 1 is 1.21 bits per heavy atom. The number of nitriles is 1. The van der Waals surface area contributed by atoms with Crippen LogP contribution in [0.25, 0.3) is 6.08 Å². The number of carbonyl (C=O) groups is 2. The number of amides is 2. The number of nitrogens with one attached hydrogen (secondary N) is 2. The van der Waals surface area contributed by atoms with Crippen molar-refractivity contribution >= 4 is 46.0 Å². The summed E-state index contributed by atoms with van der Waals surface area (Å²) in [5.74, 6) is 1.37. The van der Waals surface area contributed by atoms with E-state index in [1.165, 1.54) is 34.1 Å². The lowest BCUT2D eigenvalue weighted by atomic mass is 9.96. The molecule has 2 aromatic heterocycles. The Morgan fingerprint density at radius 2 is 2.00 bits per heavy atom. The maximum Gasteiger partial charge on any atom is 0.244 e. The van der Waals surface area contributed by atoms with Gasteiger partial charge < -0.3 is 24.7 Å². The highest BCUT2D eigenvalue weighted by atomic mass is 32.2. The zero-order chi connectivity index (χ0) is 27.1. The summed E-state index contributed by atoms with van der Waals surface area (Å²) in [5, 5.41) is 24.7. The maximum absolute atomic E-state index is 12.6. The van der Waals surface area contributed by atoms with Gasteiger partial charge in [0.1, 0.15) is 11.1 Å². The quantitative estimate of drug-likeness (QED) is 0.288. The third-order valence-corrected chi connectivity index (χ3v) is 8.28. The van der Waals surface area contributed by atoms with Crippen molar-refractivity contribution in [1.29, 1.82) is 5.26 Å². The van der Waals surface area contributed by atoms with Gasteiger partial charge in [-0.3, -0.25) is 9.59 Å². The van der Waals surface area contributed by atoms with E-state index in [0.717, 1.165) is 36.8 Å². The summed E-state index contributed by atoms with van der Waals surface area (Å²) in [5.41, 5.74) is 2.48. The molecule has 3 aromatic rings. The van der Waals surface area contributed by atoms with Crippen LogP contribution < -0.4 is 20.1 Å². The number of carbonyl (C=O) groups excluding carboxylic acids is 2. The number of hydrogen-bond acceptors (Lipinski definition) is 9. The lowest BCUT2D eigenvalue weighted by Crippen LogP contribution is -2.22. The number of hydrogen-bond donors (Lipinski definition) is 2. The van der Waals surface area contributed by atoms with Crippen LogP contribution in [0, 0.1) is 11.3 Å². The Kier molecular flexibility index (Phi) is 9.04. The fraction of sp³-hybridized carbons (Fsp3) is 0.346. The van der Waals surface area contributed by atoms with Crippen molar-refractivity contribution in [1.82, 2.24) is 20.1 Å². The molecular formula is C26H28N6O4S2. The summed E-state index contributed by atoms with van der Waals surface area (Å²) in [6.45, 7) is 0.178. The molecule has 4 rings (SSSR count). The van der Waals surface area contributed by atoms with Crippen LogP contribution >= 0.6 is 23.1 Å². The summed E-state index contributed by atoms with van der Waals surface area (Å²) >= 11 is 2.75. The molecule has 0 atom stereocenters. The summed E-state index contributed by atoms with van der Waals surface area (Å²) < 4.78 is 12.2. The summed E-state index contributed by atoms with van der Waals surface area (Å²) in [4.78, 5) is 26.1. The molecule has 0 radical (unpaired) electrons. The standard InChI is InChI=1S/C26H28N6O4S2/c1-32-22(14-28-23(33)11-9-16-8-10-19(35-2)20(12-16)36-3)30-31-26(32)37-15-24(34)29-25-18(13-27)17-6-4-5-7-21(17)38-25/h8-12H,4-7,14-15H2,1-3H3,(H,28,33)(H,29,34). The Bertz CT molecular complexity index is 1410. The second-order valence-corrected chi connectivity index (χ2v) is 10.5. The van der Waals surface area contributed by atoms with Crippen LogP contribution in [0.15, 0.2) is 29.4 Å². The van der Waals surface area contributed by atoms with Crippen molar-refractivity contribution < 1.29 is 19.1 Å². The number of aromatic nitrogens is 3. The second-order valence-electron chi connectivity index (χ2n) is 8.49. The maximum atomic E-state index is 12.6. The lowest BCUT2D eigenvalue weighted by molar-refractivity contribution is -0.116. The van der Waals surface area contributed by atoms with E-state index in [-0.39, 0.29) is 24.1 Å². The van der Waals surface area contributed by atoms with E-state index >= 15 is 0 Å². The first-order chi connectivity index (χ1) is 18.4. The van der Waals surface area contributed by atoms with Crippen LogP contribution in [0.3, 0.4) is 0 Å². The highest BCUT2D eigenvalue weighted by Gasteiger charge is 2.22. The summed E-state index contributed by atoms with van der Waals surface area (Å²) in [6, 6.07) is 7.63. The number of anilines is 1. The Balaban J connectivity index is 1.28. The number of methoxy groups -OCH3 is 2. The first-order valence-corrected chi connectivity index (χ1v) is 13.8. The van der Waals surface area contributed by atoms with Crippen LogP contribution in [-0.2, 0) is 36.0 Å². The molecule has 1 aliphatic rings. The van der Waals surface area contributed by atoms with Gasteiger partial charge in [0.25, 0.3) is 0 Å². The molecule has 0 spiro atoms. The SMILES string of the molecule is COc1ccc(C=CC(=O)NCc2nnc(SCC(=O)Nc3sc4c(c3C#N)CCCC4)n2C)cc1OC. The Hall–Kier alpha value is -3.82. The molecular weight excluding hydrogens is 524 g/mol. The predicted octanol–water partition coefficient (Wildman–Crippen LogP) is 3.70. The number of ether oxygens (including phenoxy) is 2. The average molecular weight is 553 g/mol. The number of thioether (sulfide) groups is 1. The Labute approximate surface area is 229 Å². The fourth-order valence-electron chi connectivity index (χ4n) is 4.04. The first-order valence-electron chi connectivity index (χ1n) is 12.0. The minimum absolute atomic E-state index is 0.125. The minimum Gasteiger partial charge on any atom is -0.493 e. The van der Waals surface area contributed by atoms with Crippen molar-refractivity contribution in [3.63, 3.8) is 0 Å². The van der Waals surface area contributed by atoms with Gasteiger partial charge in [-0.2, -0.15) is 5.26 Å². The average Bonchev–Trinajstić information content (AvgIpc) is 3.47. The van der Waals surface area contributed by atoms with Crippen molar-refractivity contribution in [3.8, 4) is 17.6 Å². The monoisotopic (exact) mass is 552 g/mol. The molecule has 0 bridgehead atoms. The van der Waals surface area contributed by atoms with E-state index in [1.807, 2.05) is 6.07 Å². The normalized spacial score (nSPS) is 12.6. The zero-order valence-corrected chi connectivity index (χ0v) is 23.0. The topological polar surface area (TPSA) is 131 Å².